The first-order valence-electron chi connectivity index (χ1n) is 7.95. The molecule has 2 aromatic carbocycles. The minimum Gasteiger partial charge on any atom is -0.494 e. The molecule has 4 nitrogen and oxygen atoms in total. The highest BCUT2D eigenvalue weighted by atomic mass is 16.5. The second-order valence-corrected chi connectivity index (χ2v) is 5.05. The lowest BCUT2D eigenvalue weighted by Crippen LogP contribution is -2.28. The van der Waals surface area contributed by atoms with E-state index in [0.29, 0.717) is 32.6 Å². The van der Waals surface area contributed by atoms with E-state index in [1.807, 2.05) is 61.5 Å². The molecule has 0 aromatic heterocycles. The van der Waals surface area contributed by atoms with E-state index in [9.17, 15) is 4.79 Å². The first-order valence-corrected chi connectivity index (χ1v) is 7.95. The minimum atomic E-state index is 0.0213. The fourth-order valence-electron chi connectivity index (χ4n) is 2.22. The van der Waals surface area contributed by atoms with Crippen molar-refractivity contribution >= 4 is 5.91 Å². The molecule has 0 aliphatic carbocycles. The van der Waals surface area contributed by atoms with Crippen LogP contribution in [0.1, 0.15) is 18.9 Å². The Kier molecular flexibility index (Phi) is 6.98. The number of ether oxygens (including phenoxy) is 2. The standard InChI is InChI=1S/C19H23NO3/c1-2-22-18-11-7-6-8-16(18)12-13-19(21)20-14-15-23-17-9-4-3-5-10-17/h3-11H,2,12-15H2,1H3,(H,20,21). The molecule has 0 heterocycles. The molecule has 0 bridgehead atoms. The zero-order chi connectivity index (χ0) is 16.3. The maximum absolute atomic E-state index is 11.9. The minimum absolute atomic E-state index is 0.0213. The van der Waals surface area contributed by atoms with E-state index in [1.165, 1.54) is 0 Å². The van der Waals surface area contributed by atoms with Crippen LogP contribution in [0.2, 0.25) is 0 Å². The second-order valence-electron chi connectivity index (χ2n) is 5.05. The van der Waals surface area contributed by atoms with Crippen LogP contribution in [0.15, 0.2) is 54.6 Å². The third kappa shape index (κ3) is 6.02. The van der Waals surface area contributed by atoms with Gasteiger partial charge in [-0.25, -0.2) is 0 Å². The summed E-state index contributed by atoms with van der Waals surface area (Å²) in [6, 6.07) is 17.4. The van der Waals surface area contributed by atoms with Gasteiger partial charge in [0, 0.05) is 6.42 Å². The number of carbonyl (C=O) groups excluding carboxylic acids is 1. The van der Waals surface area contributed by atoms with Crippen LogP contribution in [0.4, 0.5) is 0 Å². The Morgan fingerprint density at radius 1 is 1.00 bits per heavy atom. The van der Waals surface area contributed by atoms with E-state index in [4.69, 9.17) is 9.47 Å². The maximum atomic E-state index is 11.9. The Morgan fingerprint density at radius 2 is 1.74 bits per heavy atom. The first kappa shape index (κ1) is 16.9. The van der Waals surface area contributed by atoms with E-state index >= 15 is 0 Å². The van der Waals surface area contributed by atoms with Crippen molar-refractivity contribution in [3.05, 3.63) is 60.2 Å². The zero-order valence-electron chi connectivity index (χ0n) is 13.5. The molecule has 1 N–H and O–H groups in total. The average Bonchev–Trinajstić information content (AvgIpc) is 2.59. The van der Waals surface area contributed by atoms with Crippen LogP contribution >= 0.6 is 0 Å². The quantitative estimate of drug-likeness (QED) is 0.723. The van der Waals surface area contributed by atoms with Crippen LogP contribution in [-0.4, -0.2) is 25.7 Å². The highest BCUT2D eigenvalue weighted by Gasteiger charge is 2.06. The van der Waals surface area contributed by atoms with Gasteiger partial charge < -0.3 is 14.8 Å². The van der Waals surface area contributed by atoms with Gasteiger partial charge in [0.05, 0.1) is 13.2 Å². The average molecular weight is 313 g/mol. The number of benzene rings is 2. The number of nitrogens with one attached hydrogen (secondary N) is 1. The number of hydrogen-bond acceptors (Lipinski definition) is 3. The van der Waals surface area contributed by atoms with E-state index in [2.05, 4.69) is 5.32 Å². The monoisotopic (exact) mass is 313 g/mol. The van der Waals surface area contributed by atoms with E-state index < -0.39 is 0 Å². The van der Waals surface area contributed by atoms with Gasteiger partial charge in [-0.1, -0.05) is 36.4 Å². The molecule has 0 unspecified atom stereocenters. The van der Waals surface area contributed by atoms with Crippen LogP contribution in [0.25, 0.3) is 0 Å². The molecule has 0 aliphatic heterocycles. The summed E-state index contributed by atoms with van der Waals surface area (Å²) in [5.74, 6) is 1.69. The third-order valence-corrected chi connectivity index (χ3v) is 3.33. The summed E-state index contributed by atoms with van der Waals surface area (Å²) in [7, 11) is 0. The van der Waals surface area contributed by atoms with Crippen molar-refractivity contribution in [1.82, 2.24) is 5.32 Å². The Balaban J connectivity index is 1.67. The Labute approximate surface area is 137 Å². The van der Waals surface area contributed by atoms with E-state index in [0.717, 1.165) is 17.1 Å². The zero-order valence-corrected chi connectivity index (χ0v) is 13.5. The maximum Gasteiger partial charge on any atom is 0.220 e. The predicted molar refractivity (Wildman–Crippen MR) is 90.9 cm³/mol. The van der Waals surface area contributed by atoms with E-state index in [-0.39, 0.29) is 5.91 Å². The SMILES string of the molecule is CCOc1ccccc1CCC(=O)NCCOc1ccccc1. The Bertz CT molecular complexity index is 599. The van der Waals surface area contributed by atoms with Gasteiger partial charge in [-0.3, -0.25) is 4.79 Å². The van der Waals surface area contributed by atoms with Crippen molar-refractivity contribution in [2.75, 3.05) is 19.8 Å². The highest BCUT2D eigenvalue weighted by molar-refractivity contribution is 5.76. The Morgan fingerprint density at radius 3 is 2.52 bits per heavy atom. The highest BCUT2D eigenvalue weighted by Crippen LogP contribution is 2.19. The van der Waals surface area contributed by atoms with Gasteiger partial charge in [0.2, 0.25) is 5.91 Å². The third-order valence-electron chi connectivity index (χ3n) is 3.33. The van der Waals surface area contributed by atoms with Crippen molar-refractivity contribution in [3.8, 4) is 11.5 Å². The molecular weight excluding hydrogens is 290 g/mol. The lowest BCUT2D eigenvalue weighted by Gasteiger charge is -2.10. The van der Waals surface area contributed by atoms with Gasteiger partial charge in [-0.15, -0.1) is 0 Å². The topological polar surface area (TPSA) is 47.6 Å². The number of rotatable bonds is 9. The van der Waals surface area contributed by atoms with Crippen LogP contribution in [0, 0.1) is 0 Å². The van der Waals surface area contributed by atoms with Crippen molar-refractivity contribution in [3.63, 3.8) is 0 Å². The van der Waals surface area contributed by atoms with Crippen molar-refractivity contribution in [2.24, 2.45) is 0 Å². The lowest BCUT2D eigenvalue weighted by atomic mass is 10.1. The number of para-hydroxylation sites is 2. The Hall–Kier alpha value is -2.49. The first-order chi connectivity index (χ1) is 11.3. The number of hydrogen-bond donors (Lipinski definition) is 1. The summed E-state index contributed by atoms with van der Waals surface area (Å²) >= 11 is 0. The molecule has 1 amide bonds. The fraction of sp³-hybridized carbons (Fsp3) is 0.316. The number of aryl methyl sites for hydroxylation is 1. The number of carbonyl (C=O) groups is 1. The van der Waals surface area contributed by atoms with Gasteiger partial charge >= 0.3 is 0 Å². The molecule has 2 aromatic rings. The lowest BCUT2D eigenvalue weighted by molar-refractivity contribution is -0.121. The van der Waals surface area contributed by atoms with Gasteiger partial charge in [0.1, 0.15) is 18.1 Å². The van der Waals surface area contributed by atoms with Gasteiger partial charge in [0.25, 0.3) is 0 Å². The van der Waals surface area contributed by atoms with Crippen LogP contribution in [-0.2, 0) is 11.2 Å². The summed E-state index contributed by atoms with van der Waals surface area (Å²) < 4.78 is 11.1. The van der Waals surface area contributed by atoms with Crippen LogP contribution in [0.5, 0.6) is 11.5 Å². The largest absolute Gasteiger partial charge is 0.494 e. The summed E-state index contributed by atoms with van der Waals surface area (Å²) in [6.07, 6.45) is 1.11. The van der Waals surface area contributed by atoms with Crippen molar-refractivity contribution in [1.29, 1.82) is 0 Å². The molecule has 0 spiro atoms. The van der Waals surface area contributed by atoms with Gasteiger partial charge in [-0.05, 0) is 37.1 Å². The molecule has 0 fully saturated rings. The van der Waals surface area contributed by atoms with Crippen molar-refractivity contribution in [2.45, 2.75) is 19.8 Å². The number of amides is 1. The van der Waals surface area contributed by atoms with Crippen molar-refractivity contribution < 1.29 is 14.3 Å². The molecular formula is C19H23NO3. The van der Waals surface area contributed by atoms with Crippen LogP contribution in [0.3, 0.4) is 0 Å². The molecule has 0 aliphatic rings. The molecule has 122 valence electrons. The summed E-state index contributed by atoms with van der Waals surface area (Å²) in [6.45, 7) is 3.54. The van der Waals surface area contributed by atoms with E-state index in [1.54, 1.807) is 0 Å². The molecule has 23 heavy (non-hydrogen) atoms. The fourth-order valence-corrected chi connectivity index (χ4v) is 2.22. The van der Waals surface area contributed by atoms with Gasteiger partial charge in [0.15, 0.2) is 0 Å². The summed E-state index contributed by atoms with van der Waals surface area (Å²) in [5, 5.41) is 2.87. The molecule has 4 heteroatoms. The van der Waals surface area contributed by atoms with Crippen LogP contribution < -0.4 is 14.8 Å². The summed E-state index contributed by atoms with van der Waals surface area (Å²) in [5.41, 5.74) is 1.06. The molecule has 0 atom stereocenters. The normalized spacial score (nSPS) is 10.1. The summed E-state index contributed by atoms with van der Waals surface area (Å²) in [4.78, 5) is 11.9. The second kappa shape index (κ2) is 9.51. The molecule has 2 rings (SSSR count). The molecule has 0 saturated heterocycles. The smallest absolute Gasteiger partial charge is 0.220 e. The van der Waals surface area contributed by atoms with Gasteiger partial charge in [-0.2, -0.15) is 0 Å². The predicted octanol–water partition coefficient (Wildman–Crippen LogP) is 3.21. The molecule has 0 radical (unpaired) electrons. The molecule has 0 saturated carbocycles.